The highest BCUT2D eigenvalue weighted by Gasteiger charge is 2.25. The number of guanidine groups is 1. The predicted molar refractivity (Wildman–Crippen MR) is 123 cm³/mol. The van der Waals surface area contributed by atoms with E-state index in [2.05, 4.69) is 59.7 Å². The van der Waals surface area contributed by atoms with Crippen molar-refractivity contribution in [3.05, 3.63) is 18.0 Å². The minimum atomic E-state index is 0. The zero-order valence-corrected chi connectivity index (χ0v) is 19.5. The van der Waals surface area contributed by atoms with E-state index in [1.807, 2.05) is 0 Å². The molecule has 1 aromatic heterocycles. The monoisotopic (exact) mass is 491 g/mol. The summed E-state index contributed by atoms with van der Waals surface area (Å²) in [5.74, 6) is 2.94. The molecular weight excluding hydrogens is 457 g/mol. The molecule has 0 radical (unpaired) electrons. The zero-order chi connectivity index (χ0) is 17.6. The number of aliphatic imine (C=N–C) groups is 1. The summed E-state index contributed by atoms with van der Waals surface area (Å²) in [6, 6.07) is 2.74. The van der Waals surface area contributed by atoms with Gasteiger partial charge in [-0.15, -0.1) is 24.0 Å². The number of nitrogens with one attached hydrogen (secondary N) is 1. The van der Waals surface area contributed by atoms with Crippen LogP contribution in [0.5, 0.6) is 0 Å². The second kappa shape index (κ2) is 10.8. The molecule has 0 aromatic carbocycles. The number of nitrogens with zero attached hydrogens (tertiary/aromatic N) is 4. The van der Waals surface area contributed by atoms with Crippen molar-refractivity contribution in [2.45, 2.75) is 64.3 Å². The molecule has 148 valence electrons. The Morgan fingerprint density at radius 2 is 2.15 bits per heavy atom. The van der Waals surface area contributed by atoms with Crippen LogP contribution in [0, 0.1) is 5.92 Å². The van der Waals surface area contributed by atoms with Crippen molar-refractivity contribution in [3.8, 4) is 0 Å². The molecule has 1 aliphatic carbocycles. The first kappa shape index (κ1) is 21.9. The Morgan fingerprint density at radius 3 is 2.85 bits per heavy atom. The van der Waals surface area contributed by atoms with Crippen LogP contribution in [0.15, 0.2) is 17.3 Å². The summed E-state index contributed by atoms with van der Waals surface area (Å²) in [6.45, 7) is 10.5. The maximum atomic E-state index is 4.89. The highest BCUT2D eigenvalue weighted by atomic mass is 127. The summed E-state index contributed by atoms with van der Waals surface area (Å²) in [6.07, 6.45) is 7.36. The third-order valence-corrected chi connectivity index (χ3v) is 6.76. The average Bonchev–Trinajstić information content (AvgIpc) is 3.30. The Bertz CT molecular complexity index is 568. The van der Waals surface area contributed by atoms with Gasteiger partial charge in [0.25, 0.3) is 0 Å². The van der Waals surface area contributed by atoms with Crippen LogP contribution >= 0.6 is 35.7 Å². The van der Waals surface area contributed by atoms with Gasteiger partial charge in [-0.3, -0.25) is 4.68 Å². The number of thioether (sulfide) groups is 1. The SMILES string of the molecule is CCNC(=NCc1ccn(C2CCCC2)n1)N1CCSC(C(C)C)C1.I. The number of halogens is 1. The van der Waals surface area contributed by atoms with E-state index in [0.29, 0.717) is 23.8 Å². The van der Waals surface area contributed by atoms with E-state index in [-0.39, 0.29) is 24.0 Å². The molecule has 0 bridgehead atoms. The molecule has 7 heteroatoms. The van der Waals surface area contributed by atoms with Crippen molar-refractivity contribution in [1.29, 1.82) is 0 Å². The minimum Gasteiger partial charge on any atom is -0.357 e. The van der Waals surface area contributed by atoms with Crippen LogP contribution in [0.1, 0.15) is 58.2 Å². The highest BCUT2D eigenvalue weighted by molar-refractivity contribution is 14.0. The van der Waals surface area contributed by atoms with Gasteiger partial charge in [-0.2, -0.15) is 16.9 Å². The van der Waals surface area contributed by atoms with Gasteiger partial charge >= 0.3 is 0 Å². The number of rotatable bonds is 5. The van der Waals surface area contributed by atoms with Gasteiger partial charge in [0.2, 0.25) is 0 Å². The molecule has 1 atom stereocenters. The summed E-state index contributed by atoms with van der Waals surface area (Å²) in [4.78, 5) is 7.32. The third-order valence-electron chi connectivity index (χ3n) is 5.22. The molecule has 2 heterocycles. The smallest absolute Gasteiger partial charge is 0.194 e. The van der Waals surface area contributed by atoms with E-state index in [0.717, 1.165) is 31.3 Å². The Balaban J connectivity index is 0.00000243. The fourth-order valence-electron chi connectivity index (χ4n) is 3.69. The van der Waals surface area contributed by atoms with E-state index in [9.17, 15) is 0 Å². The largest absolute Gasteiger partial charge is 0.357 e. The first-order valence-electron chi connectivity index (χ1n) is 9.86. The first-order valence-corrected chi connectivity index (χ1v) is 10.9. The lowest BCUT2D eigenvalue weighted by Gasteiger charge is -2.36. The highest BCUT2D eigenvalue weighted by Crippen LogP contribution is 2.29. The summed E-state index contributed by atoms with van der Waals surface area (Å²) < 4.78 is 2.16. The summed E-state index contributed by atoms with van der Waals surface area (Å²) >= 11 is 2.10. The number of aromatic nitrogens is 2. The Hall–Kier alpha value is -0.440. The first-order chi connectivity index (χ1) is 12.2. The van der Waals surface area contributed by atoms with Crippen LogP contribution in [-0.4, -0.2) is 51.3 Å². The van der Waals surface area contributed by atoms with Crippen molar-refractivity contribution < 1.29 is 0 Å². The lowest BCUT2D eigenvalue weighted by molar-refractivity contribution is 0.380. The molecule has 26 heavy (non-hydrogen) atoms. The van der Waals surface area contributed by atoms with Crippen LogP contribution in [0.3, 0.4) is 0 Å². The predicted octanol–water partition coefficient (Wildman–Crippen LogP) is 4.16. The van der Waals surface area contributed by atoms with Gasteiger partial charge in [0.05, 0.1) is 18.3 Å². The second-order valence-corrected chi connectivity index (χ2v) is 8.84. The Morgan fingerprint density at radius 1 is 1.38 bits per heavy atom. The van der Waals surface area contributed by atoms with Crippen molar-refractivity contribution in [3.63, 3.8) is 0 Å². The van der Waals surface area contributed by atoms with Gasteiger partial charge in [0.15, 0.2) is 5.96 Å². The van der Waals surface area contributed by atoms with Crippen LogP contribution in [0.4, 0.5) is 0 Å². The fraction of sp³-hybridized carbons (Fsp3) is 0.789. The van der Waals surface area contributed by atoms with Crippen molar-refractivity contribution in [2.24, 2.45) is 10.9 Å². The molecule has 1 aromatic rings. The second-order valence-electron chi connectivity index (χ2n) is 7.49. The minimum absolute atomic E-state index is 0. The molecule has 1 aliphatic heterocycles. The molecule has 5 nitrogen and oxygen atoms in total. The van der Waals surface area contributed by atoms with Gasteiger partial charge in [0, 0.05) is 36.8 Å². The van der Waals surface area contributed by atoms with Gasteiger partial charge in [-0.05, 0) is 31.7 Å². The molecule has 1 saturated carbocycles. The third kappa shape index (κ3) is 5.78. The molecule has 1 unspecified atom stereocenters. The molecule has 0 spiro atoms. The molecule has 2 aliphatic rings. The standard InChI is InChI=1S/C19H33N5S.HI/c1-4-20-19(23-11-12-25-18(14-23)15(2)3)21-13-16-9-10-24(22-16)17-7-5-6-8-17;/h9-10,15,17-18H,4-8,11-14H2,1-3H3,(H,20,21);1H. The molecule has 1 N–H and O–H groups in total. The van der Waals surface area contributed by atoms with Gasteiger partial charge < -0.3 is 10.2 Å². The molecule has 1 saturated heterocycles. The number of hydrogen-bond acceptors (Lipinski definition) is 3. The molecule has 3 rings (SSSR count). The van der Waals surface area contributed by atoms with Crippen LogP contribution < -0.4 is 5.32 Å². The van der Waals surface area contributed by atoms with E-state index < -0.39 is 0 Å². The topological polar surface area (TPSA) is 45.5 Å². The molecule has 2 fully saturated rings. The van der Waals surface area contributed by atoms with Gasteiger partial charge in [-0.25, -0.2) is 4.99 Å². The van der Waals surface area contributed by atoms with Crippen LogP contribution in [0.2, 0.25) is 0 Å². The van der Waals surface area contributed by atoms with E-state index >= 15 is 0 Å². The van der Waals surface area contributed by atoms with Crippen molar-refractivity contribution in [1.82, 2.24) is 20.0 Å². The quantitative estimate of drug-likeness (QED) is 0.382. The summed E-state index contributed by atoms with van der Waals surface area (Å²) in [7, 11) is 0. The Labute approximate surface area is 179 Å². The number of hydrogen-bond donors (Lipinski definition) is 1. The normalized spacial score (nSPS) is 21.9. The van der Waals surface area contributed by atoms with E-state index in [4.69, 9.17) is 10.1 Å². The van der Waals surface area contributed by atoms with Crippen molar-refractivity contribution >= 4 is 41.7 Å². The van der Waals surface area contributed by atoms with E-state index in [1.54, 1.807) is 0 Å². The fourth-order valence-corrected chi connectivity index (χ4v) is 4.99. The lowest BCUT2D eigenvalue weighted by Crippen LogP contribution is -2.49. The van der Waals surface area contributed by atoms with E-state index in [1.165, 1.54) is 31.4 Å². The lowest BCUT2D eigenvalue weighted by atomic mass is 10.1. The van der Waals surface area contributed by atoms with Gasteiger partial charge in [-0.1, -0.05) is 26.7 Å². The molecule has 0 amide bonds. The van der Waals surface area contributed by atoms with Gasteiger partial charge in [0.1, 0.15) is 0 Å². The maximum Gasteiger partial charge on any atom is 0.194 e. The summed E-state index contributed by atoms with van der Waals surface area (Å²) in [5.41, 5.74) is 1.08. The zero-order valence-electron chi connectivity index (χ0n) is 16.4. The van der Waals surface area contributed by atoms with Crippen molar-refractivity contribution in [2.75, 3.05) is 25.4 Å². The maximum absolute atomic E-state index is 4.89. The van der Waals surface area contributed by atoms with Crippen LogP contribution in [0.25, 0.3) is 0 Å². The van der Waals surface area contributed by atoms with Crippen LogP contribution in [-0.2, 0) is 6.54 Å². The molecular formula is C19H34IN5S. The average molecular weight is 491 g/mol. The summed E-state index contributed by atoms with van der Waals surface area (Å²) in [5, 5.41) is 8.94. The Kier molecular flexibility index (Phi) is 9.06.